The van der Waals surface area contributed by atoms with E-state index in [4.69, 9.17) is 10.5 Å². The third-order valence-electron chi connectivity index (χ3n) is 3.23. The van der Waals surface area contributed by atoms with Crippen LogP contribution < -0.4 is 11.1 Å². The minimum absolute atomic E-state index is 0.202. The molecule has 11 heteroatoms. The van der Waals surface area contributed by atoms with Gasteiger partial charge in [0.25, 0.3) is 11.8 Å². The number of tetrazole rings is 1. The van der Waals surface area contributed by atoms with Crippen LogP contribution >= 0.6 is 11.3 Å². The fraction of sp³-hybridized carbons (Fsp3) is 0.0667. The lowest BCUT2D eigenvalue weighted by atomic mass is 10.2. The molecular formula is C15H12N6O4S. The molecule has 132 valence electrons. The van der Waals surface area contributed by atoms with E-state index < -0.39 is 24.4 Å². The number of primary amides is 1. The molecule has 2 amide bonds. The molecule has 0 saturated carbocycles. The van der Waals surface area contributed by atoms with Crippen molar-refractivity contribution in [2.24, 2.45) is 5.73 Å². The Kier molecular flexibility index (Phi) is 4.99. The van der Waals surface area contributed by atoms with E-state index in [9.17, 15) is 14.4 Å². The molecule has 10 nitrogen and oxygen atoms in total. The minimum Gasteiger partial charge on any atom is -0.452 e. The van der Waals surface area contributed by atoms with Crippen LogP contribution in [0.5, 0.6) is 0 Å². The molecule has 2 aromatic heterocycles. The highest BCUT2D eigenvalue weighted by Crippen LogP contribution is 2.22. The van der Waals surface area contributed by atoms with Crippen LogP contribution in [0.4, 0.5) is 5.00 Å². The first-order chi connectivity index (χ1) is 12.5. The van der Waals surface area contributed by atoms with E-state index in [1.54, 1.807) is 17.5 Å². The molecule has 3 aromatic rings. The Morgan fingerprint density at radius 3 is 2.62 bits per heavy atom. The first kappa shape index (κ1) is 17.2. The van der Waals surface area contributed by atoms with E-state index in [-0.39, 0.29) is 11.1 Å². The Morgan fingerprint density at radius 1 is 1.19 bits per heavy atom. The topological polar surface area (TPSA) is 142 Å². The van der Waals surface area contributed by atoms with Crippen molar-refractivity contribution in [2.75, 3.05) is 11.9 Å². The number of thiophene rings is 1. The van der Waals surface area contributed by atoms with Crippen molar-refractivity contribution in [2.45, 2.75) is 0 Å². The van der Waals surface area contributed by atoms with E-state index in [1.165, 1.54) is 29.2 Å². The van der Waals surface area contributed by atoms with E-state index >= 15 is 0 Å². The molecule has 0 saturated heterocycles. The Labute approximate surface area is 150 Å². The van der Waals surface area contributed by atoms with Crippen LogP contribution in [0.15, 0.2) is 42.0 Å². The highest BCUT2D eigenvalue weighted by molar-refractivity contribution is 7.14. The smallest absolute Gasteiger partial charge is 0.338 e. The second-order valence-electron chi connectivity index (χ2n) is 4.95. The standard InChI is InChI=1S/C15H12N6O4S/c16-13(23)11-5-6-26-14(11)18-12(22)7-25-15(24)9-1-3-10(4-2-9)21-8-17-19-20-21/h1-6,8H,7H2,(H2,16,23)(H,18,22). The average Bonchev–Trinajstić information content (AvgIpc) is 3.31. The molecule has 1 aromatic carbocycles. The van der Waals surface area contributed by atoms with Gasteiger partial charge in [-0.1, -0.05) is 0 Å². The van der Waals surface area contributed by atoms with Crippen molar-refractivity contribution in [3.05, 3.63) is 53.2 Å². The summed E-state index contributed by atoms with van der Waals surface area (Å²) < 4.78 is 6.39. The van der Waals surface area contributed by atoms with Crippen molar-refractivity contribution >= 4 is 34.1 Å². The zero-order valence-electron chi connectivity index (χ0n) is 13.2. The van der Waals surface area contributed by atoms with Crippen molar-refractivity contribution in [3.63, 3.8) is 0 Å². The maximum Gasteiger partial charge on any atom is 0.338 e. The molecule has 0 aliphatic carbocycles. The lowest BCUT2D eigenvalue weighted by Crippen LogP contribution is -2.22. The summed E-state index contributed by atoms with van der Waals surface area (Å²) in [6.45, 7) is -0.496. The normalized spacial score (nSPS) is 10.3. The van der Waals surface area contributed by atoms with Crippen LogP contribution in [-0.2, 0) is 9.53 Å². The Balaban J connectivity index is 1.55. The quantitative estimate of drug-likeness (QED) is 0.604. The molecule has 0 aliphatic heterocycles. The van der Waals surface area contributed by atoms with Crippen molar-refractivity contribution < 1.29 is 19.1 Å². The number of ether oxygens (including phenoxy) is 1. The number of carbonyl (C=O) groups excluding carboxylic acids is 3. The van der Waals surface area contributed by atoms with Gasteiger partial charge in [0.1, 0.15) is 11.3 Å². The van der Waals surface area contributed by atoms with E-state index in [2.05, 4.69) is 20.8 Å². The third-order valence-corrected chi connectivity index (χ3v) is 4.06. The van der Waals surface area contributed by atoms with Gasteiger partial charge in [0.2, 0.25) is 0 Å². The molecule has 0 unspecified atom stereocenters. The summed E-state index contributed by atoms with van der Waals surface area (Å²) in [6.07, 6.45) is 1.42. The molecule has 2 heterocycles. The van der Waals surface area contributed by atoms with Gasteiger partial charge in [0.05, 0.1) is 16.8 Å². The zero-order valence-corrected chi connectivity index (χ0v) is 14.0. The number of nitrogens with zero attached hydrogens (tertiary/aromatic N) is 4. The van der Waals surface area contributed by atoms with Crippen molar-refractivity contribution in [1.82, 2.24) is 20.2 Å². The van der Waals surface area contributed by atoms with Gasteiger partial charge in [-0.2, -0.15) is 0 Å². The molecular weight excluding hydrogens is 360 g/mol. The molecule has 0 aliphatic rings. The SMILES string of the molecule is NC(=O)c1ccsc1NC(=O)COC(=O)c1ccc(-n2cnnn2)cc1. The lowest BCUT2D eigenvalue weighted by Gasteiger charge is -2.07. The molecule has 0 radical (unpaired) electrons. The molecule has 3 rings (SSSR count). The molecule has 26 heavy (non-hydrogen) atoms. The van der Waals surface area contributed by atoms with Crippen LogP contribution in [0.25, 0.3) is 5.69 Å². The summed E-state index contributed by atoms with van der Waals surface area (Å²) in [5, 5.41) is 15.2. The highest BCUT2D eigenvalue weighted by atomic mass is 32.1. The average molecular weight is 372 g/mol. The summed E-state index contributed by atoms with van der Waals surface area (Å²) in [6, 6.07) is 7.83. The van der Waals surface area contributed by atoms with E-state index in [1.807, 2.05) is 0 Å². The van der Waals surface area contributed by atoms with Gasteiger partial charge in [-0.25, -0.2) is 9.48 Å². The number of benzene rings is 1. The number of rotatable bonds is 6. The second-order valence-corrected chi connectivity index (χ2v) is 5.87. The molecule has 0 fully saturated rings. The predicted octanol–water partition coefficient (Wildman–Crippen LogP) is 0.618. The summed E-state index contributed by atoms with van der Waals surface area (Å²) in [5.74, 6) is -1.89. The summed E-state index contributed by atoms with van der Waals surface area (Å²) in [4.78, 5) is 35.1. The highest BCUT2D eigenvalue weighted by Gasteiger charge is 2.15. The number of nitrogens with two attached hydrogens (primary N) is 1. The Bertz CT molecular complexity index is 935. The number of nitrogens with one attached hydrogen (secondary N) is 1. The fourth-order valence-electron chi connectivity index (χ4n) is 2.01. The summed E-state index contributed by atoms with van der Waals surface area (Å²) >= 11 is 1.15. The Morgan fingerprint density at radius 2 is 1.96 bits per heavy atom. The largest absolute Gasteiger partial charge is 0.452 e. The number of esters is 1. The third kappa shape index (κ3) is 3.89. The van der Waals surface area contributed by atoms with Crippen LogP contribution in [0.2, 0.25) is 0 Å². The predicted molar refractivity (Wildman–Crippen MR) is 90.9 cm³/mol. The monoisotopic (exact) mass is 372 g/mol. The van der Waals surface area contributed by atoms with Crippen molar-refractivity contribution in [1.29, 1.82) is 0 Å². The van der Waals surface area contributed by atoms with Crippen LogP contribution in [0.3, 0.4) is 0 Å². The second kappa shape index (κ2) is 7.53. The summed E-state index contributed by atoms with van der Waals surface area (Å²) in [5.41, 5.74) is 6.33. The van der Waals surface area contributed by atoms with Gasteiger partial charge in [-0.05, 0) is 46.1 Å². The molecule has 3 N–H and O–H groups in total. The first-order valence-corrected chi connectivity index (χ1v) is 8.10. The lowest BCUT2D eigenvalue weighted by molar-refractivity contribution is -0.119. The number of aromatic nitrogens is 4. The van der Waals surface area contributed by atoms with Gasteiger partial charge in [0.15, 0.2) is 6.61 Å². The van der Waals surface area contributed by atoms with Gasteiger partial charge >= 0.3 is 5.97 Å². The first-order valence-electron chi connectivity index (χ1n) is 7.22. The summed E-state index contributed by atoms with van der Waals surface area (Å²) in [7, 11) is 0. The molecule has 0 atom stereocenters. The number of anilines is 1. The number of amides is 2. The van der Waals surface area contributed by atoms with Crippen LogP contribution in [0, 0.1) is 0 Å². The van der Waals surface area contributed by atoms with E-state index in [0.29, 0.717) is 10.7 Å². The maximum absolute atomic E-state index is 12.0. The Hall–Kier alpha value is -3.60. The van der Waals surface area contributed by atoms with Gasteiger partial charge in [-0.3, -0.25) is 9.59 Å². The van der Waals surface area contributed by atoms with E-state index in [0.717, 1.165) is 11.3 Å². The van der Waals surface area contributed by atoms with Gasteiger partial charge < -0.3 is 15.8 Å². The van der Waals surface area contributed by atoms with Crippen molar-refractivity contribution in [3.8, 4) is 5.69 Å². The number of carbonyl (C=O) groups is 3. The van der Waals surface area contributed by atoms with Gasteiger partial charge in [-0.15, -0.1) is 16.4 Å². The zero-order chi connectivity index (χ0) is 18.5. The van der Waals surface area contributed by atoms with Crippen LogP contribution in [-0.4, -0.2) is 44.6 Å². The number of hydrogen-bond donors (Lipinski definition) is 2. The molecule has 0 bridgehead atoms. The maximum atomic E-state index is 12.0. The number of hydrogen-bond acceptors (Lipinski definition) is 8. The fourth-order valence-corrected chi connectivity index (χ4v) is 2.82. The van der Waals surface area contributed by atoms with Gasteiger partial charge in [0, 0.05) is 0 Å². The molecule has 0 spiro atoms. The van der Waals surface area contributed by atoms with Crippen LogP contribution in [0.1, 0.15) is 20.7 Å². The minimum atomic E-state index is -0.662.